The molecule has 0 heterocycles. The average Bonchev–Trinajstić information content (AvgIpc) is 2.53. The van der Waals surface area contributed by atoms with Crippen LogP contribution < -0.4 is 10.1 Å². The minimum atomic E-state index is -0.509. The molecule has 2 N–H and O–H groups in total. The third kappa shape index (κ3) is 5.49. The molecule has 2 rings (SSSR count). The van der Waals surface area contributed by atoms with Gasteiger partial charge in [0.05, 0.1) is 31.6 Å². The molecule has 0 radical (unpaired) electrons. The molecule has 0 spiro atoms. The zero-order valence-corrected chi connectivity index (χ0v) is 14.1. The molecule has 1 aromatic carbocycles. The van der Waals surface area contributed by atoms with Gasteiger partial charge in [-0.2, -0.15) is 0 Å². The number of methoxy groups -OCH3 is 1. The fourth-order valence-corrected chi connectivity index (χ4v) is 2.92. The summed E-state index contributed by atoms with van der Waals surface area (Å²) in [4.78, 5) is 0. The van der Waals surface area contributed by atoms with Crippen molar-refractivity contribution in [2.24, 2.45) is 0 Å². The third-order valence-electron chi connectivity index (χ3n) is 3.78. The molecule has 0 aliphatic heterocycles. The number of benzene rings is 1. The van der Waals surface area contributed by atoms with E-state index in [-0.39, 0.29) is 0 Å². The van der Waals surface area contributed by atoms with Gasteiger partial charge in [-0.1, -0.05) is 19.3 Å². The van der Waals surface area contributed by atoms with Crippen LogP contribution in [0.25, 0.3) is 0 Å². The first-order chi connectivity index (χ1) is 10.2. The number of hydrogen-bond donors (Lipinski definition) is 2. The minimum Gasteiger partial charge on any atom is -0.497 e. The third-order valence-corrected chi connectivity index (χ3v) is 4.47. The van der Waals surface area contributed by atoms with Crippen molar-refractivity contribution in [1.82, 2.24) is 0 Å². The van der Waals surface area contributed by atoms with Crippen LogP contribution in [0.4, 0.5) is 5.69 Å². The molecule has 21 heavy (non-hydrogen) atoms. The molecule has 0 bridgehead atoms. The van der Waals surface area contributed by atoms with Gasteiger partial charge in [0.2, 0.25) is 0 Å². The van der Waals surface area contributed by atoms with E-state index in [4.69, 9.17) is 9.47 Å². The monoisotopic (exact) mass is 357 g/mol. The van der Waals surface area contributed by atoms with Gasteiger partial charge in [-0.25, -0.2) is 0 Å². The van der Waals surface area contributed by atoms with Crippen LogP contribution in [-0.4, -0.2) is 37.6 Å². The van der Waals surface area contributed by atoms with E-state index >= 15 is 0 Å². The Kier molecular flexibility index (Phi) is 6.80. The van der Waals surface area contributed by atoms with Crippen molar-refractivity contribution in [3.63, 3.8) is 0 Å². The molecule has 1 aromatic rings. The van der Waals surface area contributed by atoms with Crippen LogP contribution in [0.1, 0.15) is 32.1 Å². The summed E-state index contributed by atoms with van der Waals surface area (Å²) in [5, 5.41) is 13.2. The van der Waals surface area contributed by atoms with Gasteiger partial charge in [0.25, 0.3) is 0 Å². The lowest BCUT2D eigenvalue weighted by atomic mass is 9.98. The Morgan fingerprint density at radius 2 is 2.10 bits per heavy atom. The largest absolute Gasteiger partial charge is 0.497 e. The minimum absolute atomic E-state index is 0.331. The second-order valence-corrected chi connectivity index (χ2v) is 6.33. The second kappa shape index (κ2) is 8.61. The second-order valence-electron chi connectivity index (χ2n) is 5.47. The standard InChI is InChI=1S/C16H24BrNO3/c1-20-14-7-8-15(17)16(9-14)18-10-12(19)11-21-13-5-3-2-4-6-13/h7-9,12-13,18-19H,2-6,10-11H2,1H3. The molecule has 4 nitrogen and oxygen atoms in total. The highest BCUT2D eigenvalue weighted by molar-refractivity contribution is 9.10. The number of ether oxygens (including phenoxy) is 2. The predicted molar refractivity (Wildman–Crippen MR) is 88.0 cm³/mol. The van der Waals surface area contributed by atoms with E-state index in [1.54, 1.807) is 7.11 Å². The first-order valence-electron chi connectivity index (χ1n) is 7.56. The van der Waals surface area contributed by atoms with Gasteiger partial charge in [-0.15, -0.1) is 0 Å². The van der Waals surface area contributed by atoms with Crippen molar-refractivity contribution in [2.45, 2.75) is 44.3 Å². The maximum atomic E-state index is 10.0. The zero-order valence-electron chi connectivity index (χ0n) is 12.5. The van der Waals surface area contributed by atoms with Crippen molar-refractivity contribution in [3.8, 4) is 5.75 Å². The number of rotatable bonds is 7. The van der Waals surface area contributed by atoms with Crippen LogP contribution in [0.3, 0.4) is 0 Å². The highest BCUT2D eigenvalue weighted by Gasteiger charge is 2.15. The van der Waals surface area contributed by atoms with Gasteiger partial charge in [0.15, 0.2) is 0 Å². The summed E-state index contributed by atoms with van der Waals surface area (Å²) < 4.78 is 11.9. The topological polar surface area (TPSA) is 50.7 Å². The first kappa shape index (κ1) is 16.6. The smallest absolute Gasteiger partial charge is 0.121 e. The summed E-state index contributed by atoms with van der Waals surface area (Å²) in [6, 6.07) is 5.71. The maximum Gasteiger partial charge on any atom is 0.121 e. The van der Waals surface area contributed by atoms with E-state index in [1.165, 1.54) is 19.3 Å². The van der Waals surface area contributed by atoms with Crippen LogP contribution in [0.15, 0.2) is 22.7 Å². The van der Waals surface area contributed by atoms with Crippen LogP contribution in [0, 0.1) is 0 Å². The molecule has 0 aromatic heterocycles. The molecular weight excluding hydrogens is 334 g/mol. The van der Waals surface area contributed by atoms with E-state index in [9.17, 15) is 5.11 Å². The summed E-state index contributed by atoms with van der Waals surface area (Å²) >= 11 is 3.48. The van der Waals surface area contributed by atoms with Crippen LogP contribution in [0.2, 0.25) is 0 Å². The van der Waals surface area contributed by atoms with Gasteiger partial charge in [-0.3, -0.25) is 0 Å². The molecule has 1 aliphatic carbocycles. The molecule has 1 fully saturated rings. The number of hydrogen-bond acceptors (Lipinski definition) is 4. The highest BCUT2D eigenvalue weighted by Crippen LogP contribution is 2.27. The molecule has 0 amide bonds. The Labute approximate surface area is 135 Å². The van der Waals surface area contributed by atoms with Crippen molar-refractivity contribution in [2.75, 3.05) is 25.6 Å². The Balaban J connectivity index is 1.74. The van der Waals surface area contributed by atoms with Crippen molar-refractivity contribution in [3.05, 3.63) is 22.7 Å². The van der Waals surface area contributed by atoms with Crippen LogP contribution >= 0.6 is 15.9 Å². The van der Waals surface area contributed by atoms with Gasteiger partial charge in [-0.05, 0) is 40.9 Å². The van der Waals surface area contributed by atoms with Gasteiger partial charge in [0.1, 0.15) is 5.75 Å². The fraction of sp³-hybridized carbons (Fsp3) is 0.625. The lowest BCUT2D eigenvalue weighted by Gasteiger charge is -2.23. The van der Waals surface area contributed by atoms with E-state index in [2.05, 4.69) is 21.2 Å². The number of nitrogens with one attached hydrogen (secondary N) is 1. The summed E-state index contributed by atoms with van der Waals surface area (Å²) in [7, 11) is 1.64. The molecular formula is C16H24BrNO3. The van der Waals surface area contributed by atoms with Gasteiger partial charge >= 0.3 is 0 Å². The van der Waals surface area contributed by atoms with Crippen molar-refractivity contribution >= 4 is 21.6 Å². The molecule has 118 valence electrons. The summed E-state index contributed by atoms with van der Waals surface area (Å²) in [5.41, 5.74) is 0.908. The summed E-state index contributed by atoms with van der Waals surface area (Å²) in [6.07, 6.45) is 5.88. The van der Waals surface area contributed by atoms with E-state index in [1.807, 2.05) is 18.2 Å². The lowest BCUT2D eigenvalue weighted by Crippen LogP contribution is -2.28. The predicted octanol–water partition coefficient (Wildman–Crippen LogP) is 3.58. The number of aliphatic hydroxyl groups is 1. The van der Waals surface area contributed by atoms with E-state index < -0.39 is 6.10 Å². The Bertz CT molecular complexity index is 436. The molecule has 5 heteroatoms. The Hall–Kier alpha value is -0.780. The first-order valence-corrected chi connectivity index (χ1v) is 8.35. The number of anilines is 1. The average molecular weight is 358 g/mol. The quantitative estimate of drug-likeness (QED) is 0.782. The van der Waals surface area contributed by atoms with Crippen LogP contribution in [-0.2, 0) is 4.74 Å². The zero-order chi connectivity index (χ0) is 15.1. The molecule has 1 atom stereocenters. The fourth-order valence-electron chi connectivity index (χ4n) is 2.53. The van der Waals surface area contributed by atoms with E-state index in [0.29, 0.717) is 19.3 Å². The summed E-state index contributed by atoms with van der Waals surface area (Å²) in [5.74, 6) is 0.786. The number of halogens is 1. The van der Waals surface area contributed by atoms with Crippen molar-refractivity contribution in [1.29, 1.82) is 0 Å². The molecule has 0 saturated heterocycles. The maximum absolute atomic E-state index is 10.0. The summed E-state index contributed by atoms with van der Waals surface area (Å²) in [6.45, 7) is 0.845. The highest BCUT2D eigenvalue weighted by atomic mass is 79.9. The Morgan fingerprint density at radius 1 is 1.33 bits per heavy atom. The van der Waals surface area contributed by atoms with E-state index in [0.717, 1.165) is 28.8 Å². The van der Waals surface area contributed by atoms with Gasteiger partial charge in [0, 0.05) is 17.1 Å². The SMILES string of the molecule is COc1ccc(Br)c(NCC(O)COC2CCCCC2)c1. The van der Waals surface area contributed by atoms with Crippen LogP contribution in [0.5, 0.6) is 5.75 Å². The lowest BCUT2D eigenvalue weighted by molar-refractivity contribution is -0.0195. The molecule has 1 unspecified atom stereocenters. The van der Waals surface area contributed by atoms with Gasteiger partial charge < -0.3 is 19.9 Å². The molecule has 1 aliphatic rings. The molecule has 1 saturated carbocycles. The number of aliphatic hydroxyl groups excluding tert-OH is 1. The van der Waals surface area contributed by atoms with Crippen molar-refractivity contribution < 1.29 is 14.6 Å². The Morgan fingerprint density at radius 3 is 2.81 bits per heavy atom. The normalized spacial score (nSPS) is 17.5.